The smallest absolute Gasteiger partial charge is 0.462 e. The Labute approximate surface area is 447 Å². The summed E-state index contributed by atoms with van der Waals surface area (Å²) in [5.74, 6) is -0.823. The fourth-order valence-electron chi connectivity index (χ4n) is 9.68. The Morgan fingerprint density at radius 3 is 1.03 bits per heavy atom. The maximum atomic E-state index is 12.6. The van der Waals surface area contributed by atoms with Crippen molar-refractivity contribution in [3.63, 3.8) is 0 Å². The van der Waals surface area contributed by atoms with Gasteiger partial charge in [0.1, 0.15) is 6.61 Å². The van der Waals surface area contributed by atoms with Crippen molar-refractivity contribution < 1.29 is 37.6 Å². The molecule has 9 nitrogen and oxygen atoms in total. The largest absolute Gasteiger partial charge is 0.472 e. The number of allylic oxidation sites excluding steroid dienone is 2. The first-order chi connectivity index (χ1) is 35.3. The maximum Gasteiger partial charge on any atom is 0.472 e. The zero-order chi connectivity index (χ0) is 52.4. The van der Waals surface area contributed by atoms with Gasteiger partial charge in [0.25, 0.3) is 0 Å². The molecule has 0 spiro atoms. The van der Waals surface area contributed by atoms with Gasteiger partial charge in [-0.3, -0.25) is 18.6 Å². The van der Waals surface area contributed by atoms with E-state index in [4.69, 9.17) is 24.3 Å². The molecule has 0 heterocycles. The molecule has 0 aliphatic rings. The molecular formula is C62H122NO8P. The second-order valence-electron chi connectivity index (χ2n) is 21.6. The van der Waals surface area contributed by atoms with E-state index in [0.29, 0.717) is 6.42 Å². The molecule has 428 valence electrons. The molecule has 0 amide bonds. The van der Waals surface area contributed by atoms with E-state index in [1.807, 2.05) is 0 Å². The predicted molar refractivity (Wildman–Crippen MR) is 308 cm³/mol. The third-order valence-electron chi connectivity index (χ3n) is 14.4. The summed E-state index contributed by atoms with van der Waals surface area (Å²) in [4.78, 5) is 35.0. The molecule has 2 atom stereocenters. The molecule has 0 aromatic rings. The minimum atomic E-state index is -4.38. The number of phosphoric acid groups is 1. The number of phosphoric ester groups is 1. The number of carbonyl (C=O) groups excluding carboxylic acids is 2. The van der Waals surface area contributed by atoms with Crippen LogP contribution in [-0.2, 0) is 32.7 Å². The summed E-state index contributed by atoms with van der Waals surface area (Å²) < 4.78 is 32.9. The second-order valence-corrected chi connectivity index (χ2v) is 23.1. The molecule has 0 aliphatic carbocycles. The van der Waals surface area contributed by atoms with Gasteiger partial charge in [-0.2, -0.15) is 0 Å². The summed E-state index contributed by atoms with van der Waals surface area (Å²) >= 11 is 0. The summed E-state index contributed by atoms with van der Waals surface area (Å²) in [6, 6.07) is 0. The van der Waals surface area contributed by atoms with E-state index in [1.165, 1.54) is 250 Å². The summed E-state index contributed by atoms with van der Waals surface area (Å²) in [7, 11) is -4.38. The Balaban J connectivity index is 3.63. The third kappa shape index (κ3) is 58.0. The van der Waals surface area contributed by atoms with Gasteiger partial charge in [-0.25, -0.2) is 4.57 Å². The normalized spacial score (nSPS) is 13.0. The molecule has 0 saturated heterocycles. The quantitative estimate of drug-likeness (QED) is 0.0264. The fourth-order valence-corrected chi connectivity index (χ4v) is 10.4. The molecule has 0 fully saturated rings. The van der Waals surface area contributed by atoms with Crippen LogP contribution < -0.4 is 5.73 Å². The van der Waals surface area contributed by atoms with Gasteiger partial charge in [0.15, 0.2) is 6.10 Å². The van der Waals surface area contributed by atoms with E-state index in [0.717, 1.165) is 57.8 Å². The topological polar surface area (TPSA) is 134 Å². The van der Waals surface area contributed by atoms with Gasteiger partial charge >= 0.3 is 19.8 Å². The summed E-state index contributed by atoms with van der Waals surface area (Å²) in [5, 5.41) is 0. The molecule has 10 heteroatoms. The van der Waals surface area contributed by atoms with Gasteiger partial charge in [0, 0.05) is 19.4 Å². The molecule has 3 N–H and O–H groups in total. The van der Waals surface area contributed by atoms with Crippen LogP contribution in [0.1, 0.15) is 341 Å². The van der Waals surface area contributed by atoms with Crippen LogP contribution in [0, 0.1) is 0 Å². The van der Waals surface area contributed by atoms with Crippen LogP contribution in [-0.4, -0.2) is 49.3 Å². The van der Waals surface area contributed by atoms with Crippen LogP contribution in [0.3, 0.4) is 0 Å². The first-order valence-corrected chi connectivity index (χ1v) is 33.2. The van der Waals surface area contributed by atoms with Crippen LogP contribution >= 0.6 is 7.82 Å². The van der Waals surface area contributed by atoms with Crippen molar-refractivity contribution in [3.8, 4) is 0 Å². The van der Waals surface area contributed by atoms with Crippen LogP contribution in [0.15, 0.2) is 12.2 Å². The van der Waals surface area contributed by atoms with Crippen molar-refractivity contribution in [2.45, 2.75) is 347 Å². The van der Waals surface area contributed by atoms with Gasteiger partial charge in [0.2, 0.25) is 0 Å². The molecule has 0 aliphatic heterocycles. The molecule has 0 bridgehead atoms. The van der Waals surface area contributed by atoms with E-state index in [9.17, 15) is 19.0 Å². The molecule has 0 saturated carbocycles. The van der Waals surface area contributed by atoms with Gasteiger partial charge < -0.3 is 20.1 Å². The van der Waals surface area contributed by atoms with Crippen molar-refractivity contribution in [1.82, 2.24) is 0 Å². The Bertz CT molecular complexity index is 1190. The van der Waals surface area contributed by atoms with E-state index in [-0.39, 0.29) is 38.6 Å². The summed E-state index contributed by atoms with van der Waals surface area (Å²) in [5.41, 5.74) is 5.37. The first-order valence-electron chi connectivity index (χ1n) is 31.7. The molecule has 72 heavy (non-hydrogen) atoms. The lowest BCUT2D eigenvalue weighted by atomic mass is 10.0. The number of hydrogen-bond donors (Lipinski definition) is 2. The highest BCUT2D eigenvalue weighted by atomic mass is 31.2. The van der Waals surface area contributed by atoms with Crippen molar-refractivity contribution in [2.75, 3.05) is 26.4 Å². The zero-order valence-corrected chi connectivity index (χ0v) is 48.8. The standard InChI is InChI=1S/C62H122NO8P/c1-3-5-7-9-11-13-15-16-17-18-19-20-21-22-23-24-25-26-27-28-29-30-31-32-33-34-35-36-37-38-39-40-41-42-43-45-46-48-50-52-54-61(64)68-58-60(59-70-72(66,67)69-57-56-63)71-62(65)55-53-51-49-47-44-14-12-10-8-6-4-2/h10,12,60H,3-9,11,13-59,63H2,1-2H3,(H,66,67)/b12-10-. The predicted octanol–water partition coefficient (Wildman–Crippen LogP) is 20.0. The van der Waals surface area contributed by atoms with E-state index in [2.05, 4.69) is 26.0 Å². The number of carbonyl (C=O) groups is 2. The van der Waals surface area contributed by atoms with Crippen LogP contribution in [0.4, 0.5) is 0 Å². The second kappa shape index (κ2) is 59.0. The SMILES string of the molecule is CCCC/C=C\CCCCCCCC(=O)OC(COC(=O)CCCCCCCCCCCCCCCCCCCCCCCCCCCCCCCCCCCCCCCCCC)COP(=O)(O)OCCN. The Kier molecular flexibility index (Phi) is 58.0. The van der Waals surface area contributed by atoms with E-state index >= 15 is 0 Å². The van der Waals surface area contributed by atoms with Gasteiger partial charge in [-0.1, -0.05) is 309 Å². The van der Waals surface area contributed by atoms with E-state index < -0.39 is 26.5 Å². The average molecular weight is 1040 g/mol. The minimum absolute atomic E-state index is 0.0550. The number of nitrogens with two attached hydrogens (primary N) is 1. The molecule has 0 aromatic carbocycles. The molecule has 0 radical (unpaired) electrons. The van der Waals surface area contributed by atoms with Crippen LogP contribution in [0.5, 0.6) is 0 Å². The van der Waals surface area contributed by atoms with Crippen LogP contribution in [0.2, 0.25) is 0 Å². The lowest BCUT2D eigenvalue weighted by Gasteiger charge is -2.19. The monoisotopic (exact) mass is 1040 g/mol. The van der Waals surface area contributed by atoms with Crippen molar-refractivity contribution >= 4 is 19.8 Å². The minimum Gasteiger partial charge on any atom is -0.462 e. The molecular weight excluding hydrogens is 918 g/mol. The molecule has 0 rings (SSSR count). The molecule has 0 aromatic heterocycles. The Morgan fingerprint density at radius 2 is 0.694 bits per heavy atom. The van der Waals surface area contributed by atoms with Crippen molar-refractivity contribution in [2.24, 2.45) is 5.73 Å². The van der Waals surface area contributed by atoms with E-state index in [1.54, 1.807) is 0 Å². The lowest BCUT2D eigenvalue weighted by Crippen LogP contribution is -2.29. The van der Waals surface area contributed by atoms with Gasteiger partial charge in [-0.15, -0.1) is 0 Å². The zero-order valence-electron chi connectivity index (χ0n) is 48.0. The maximum absolute atomic E-state index is 12.6. The fraction of sp³-hybridized carbons (Fsp3) is 0.935. The highest BCUT2D eigenvalue weighted by Gasteiger charge is 2.26. The third-order valence-corrected chi connectivity index (χ3v) is 15.4. The highest BCUT2D eigenvalue weighted by Crippen LogP contribution is 2.43. The van der Waals surface area contributed by atoms with Gasteiger partial charge in [-0.05, 0) is 32.1 Å². The van der Waals surface area contributed by atoms with Crippen molar-refractivity contribution in [3.05, 3.63) is 12.2 Å². The number of unbranched alkanes of at least 4 members (excludes halogenated alkanes) is 46. The number of rotatable bonds is 61. The summed E-state index contributed by atoms with van der Waals surface area (Å²) in [6.07, 6.45) is 69.2. The number of ether oxygens (including phenoxy) is 2. The number of esters is 2. The number of hydrogen-bond acceptors (Lipinski definition) is 8. The first kappa shape index (κ1) is 70.8. The van der Waals surface area contributed by atoms with Crippen molar-refractivity contribution in [1.29, 1.82) is 0 Å². The highest BCUT2D eigenvalue weighted by molar-refractivity contribution is 7.47. The average Bonchev–Trinajstić information content (AvgIpc) is 3.37. The van der Waals surface area contributed by atoms with Crippen LogP contribution in [0.25, 0.3) is 0 Å². The Morgan fingerprint density at radius 1 is 0.403 bits per heavy atom. The van der Waals surface area contributed by atoms with Gasteiger partial charge in [0.05, 0.1) is 13.2 Å². The summed E-state index contributed by atoms with van der Waals surface area (Å²) in [6.45, 7) is 3.74. The lowest BCUT2D eigenvalue weighted by molar-refractivity contribution is -0.161. The molecule has 2 unspecified atom stereocenters. The Hall–Kier alpha value is -1.25.